The van der Waals surface area contributed by atoms with Crippen molar-refractivity contribution in [3.8, 4) is 23.0 Å². The van der Waals surface area contributed by atoms with E-state index < -0.39 is 6.04 Å². The van der Waals surface area contributed by atoms with Crippen LogP contribution in [0.2, 0.25) is 0 Å². The molecule has 33 heavy (non-hydrogen) atoms. The molecule has 0 saturated heterocycles. The molecule has 1 atom stereocenters. The van der Waals surface area contributed by atoms with Crippen molar-refractivity contribution in [1.29, 1.82) is 0 Å². The summed E-state index contributed by atoms with van der Waals surface area (Å²) >= 11 is 3.25. The molecule has 1 amide bonds. The third-order valence-electron chi connectivity index (χ3n) is 5.38. The van der Waals surface area contributed by atoms with Gasteiger partial charge in [-0.05, 0) is 58.4 Å². The first kappa shape index (κ1) is 22.7. The maximum Gasteiger partial charge on any atom is 0.310 e. The second-order valence-electron chi connectivity index (χ2n) is 7.23. The van der Waals surface area contributed by atoms with E-state index in [4.69, 9.17) is 28.5 Å². The highest BCUT2D eigenvalue weighted by Gasteiger charge is 2.37. The van der Waals surface area contributed by atoms with Crippen molar-refractivity contribution in [2.75, 3.05) is 28.4 Å². The van der Waals surface area contributed by atoms with Crippen molar-refractivity contribution in [3.05, 3.63) is 70.1 Å². The molecule has 0 fully saturated rings. The standard InChI is InChI=1S/C24H23BrN2O6/c1-29-15-5-6-21(32-4)18(12-15)20-13-19(14-9-16(30-2)11-17(10-14)31-3)26-27(20)24(28)22-7-8-23(25)33-22/h5-12,20H,13H2,1-4H3. The average molecular weight is 515 g/mol. The first-order chi connectivity index (χ1) is 16.0. The Hall–Kier alpha value is -3.46. The van der Waals surface area contributed by atoms with Crippen molar-refractivity contribution in [2.24, 2.45) is 5.10 Å². The van der Waals surface area contributed by atoms with Crippen LogP contribution in [0.15, 0.2) is 62.7 Å². The summed E-state index contributed by atoms with van der Waals surface area (Å²) in [5.41, 5.74) is 2.25. The molecule has 1 aromatic heterocycles. The Kier molecular flexibility index (Phi) is 6.60. The molecular weight excluding hydrogens is 492 g/mol. The number of amides is 1. The topological polar surface area (TPSA) is 82.7 Å². The molecule has 0 bridgehead atoms. The number of carbonyl (C=O) groups excluding carboxylic acids is 1. The second-order valence-corrected chi connectivity index (χ2v) is 8.01. The van der Waals surface area contributed by atoms with Gasteiger partial charge in [-0.15, -0.1) is 0 Å². The van der Waals surface area contributed by atoms with Crippen LogP contribution in [0.25, 0.3) is 0 Å². The summed E-state index contributed by atoms with van der Waals surface area (Å²) in [6.07, 6.45) is 0.438. The summed E-state index contributed by atoms with van der Waals surface area (Å²) in [4.78, 5) is 13.4. The van der Waals surface area contributed by atoms with E-state index in [2.05, 4.69) is 15.9 Å². The third-order valence-corrected chi connectivity index (χ3v) is 5.81. The molecule has 9 heteroatoms. The van der Waals surface area contributed by atoms with Crippen LogP contribution in [0, 0.1) is 0 Å². The lowest BCUT2D eigenvalue weighted by atomic mass is 9.97. The number of methoxy groups -OCH3 is 4. The number of halogens is 1. The van der Waals surface area contributed by atoms with Gasteiger partial charge in [0.15, 0.2) is 10.4 Å². The van der Waals surface area contributed by atoms with Gasteiger partial charge in [0.25, 0.3) is 0 Å². The van der Waals surface area contributed by atoms with Gasteiger partial charge in [-0.25, -0.2) is 5.01 Å². The number of nitrogens with zero attached hydrogens (tertiary/aromatic N) is 2. The lowest BCUT2D eigenvalue weighted by Gasteiger charge is -2.23. The van der Waals surface area contributed by atoms with E-state index in [9.17, 15) is 4.79 Å². The van der Waals surface area contributed by atoms with Crippen LogP contribution in [0.5, 0.6) is 23.0 Å². The van der Waals surface area contributed by atoms with Gasteiger partial charge in [-0.1, -0.05) is 0 Å². The lowest BCUT2D eigenvalue weighted by molar-refractivity contribution is 0.0675. The van der Waals surface area contributed by atoms with Crippen molar-refractivity contribution in [1.82, 2.24) is 5.01 Å². The van der Waals surface area contributed by atoms with Gasteiger partial charge in [0.1, 0.15) is 23.0 Å². The van der Waals surface area contributed by atoms with E-state index in [1.54, 1.807) is 46.6 Å². The minimum atomic E-state index is -0.446. The Morgan fingerprint density at radius 1 is 0.939 bits per heavy atom. The van der Waals surface area contributed by atoms with Crippen LogP contribution in [0.1, 0.15) is 34.1 Å². The number of furan rings is 1. The van der Waals surface area contributed by atoms with Crippen LogP contribution in [-0.2, 0) is 0 Å². The SMILES string of the molecule is COc1cc(OC)cc(C2=NN(C(=O)c3ccc(Br)o3)C(c3cc(OC)ccc3OC)C2)c1. The molecule has 1 aliphatic rings. The highest BCUT2D eigenvalue weighted by atomic mass is 79.9. The number of rotatable bonds is 7. The zero-order chi connectivity index (χ0) is 23.5. The molecule has 1 unspecified atom stereocenters. The molecule has 4 rings (SSSR count). The van der Waals surface area contributed by atoms with E-state index >= 15 is 0 Å². The summed E-state index contributed by atoms with van der Waals surface area (Å²) in [6.45, 7) is 0. The molecule has 172 valence electrons. The number of hydrogen-bond donors (Lipinski definition) is 0. The summed E-state index contributed by atoms with van der Waals surface area (Å²) < 4.78 is 27.8. The summed E-state index contributed by atoms with van der Waals surface area (Å²) in [5.74, 6) is 2.32. The Morgan fingerprint density at radius 2 is 1.64 bits per heavy atom. The predicted octanol–water partition coefficient (Wildman–Crippen LogP) is 5.07. The Balaban J connectivity index is 1.81. The Bertz CT molecular complexity index is 1180. The molecular formula is C24H23BrN2O6. The fourth-order valence-corrected chi connectivity index (χ4v) is 4.04. The molecule has 0 aliphatic carbocycles. The maximum absolute atomic E-state index is 13.4. The summed E-state index contributed by atoms with van der Waals surface area (Å²) in [6, 6.07) is 13.8. The van der Waals surface area contributed by atoms with Crippen LogP contribution < -0.4 is 18.9 Å². The van der Waals surface area contributed by atoms with E-state index in [-0.39, 0.29) is 11.7 Å². The van der Waals surface area contributed by atoms with E-state index in [0.29, 0.717) is 39.8 Å². The van der Waals surface area contributed by atoms with Gasteiger partial charge in [0.2, 0.25) is 0 Å². The molecule has 2 heterocycles. The number of hydrazone groups is 1. The van der Waals surface area contributed by atoms with Crippen LogP contribution in [0.4, 0.5) is 0 Å². The lowest BCUT2D eigenvalue weighted by Crippen LogP contribution is -2.27. The van der Waals surface area contributed by atoms with Crippen molar-refractivity contribution >= 4 is 27.5 Å². The highest BCUT2D eigenvalue weighted by Crippen LogP contribution is 2.41. The van der Waals surface area contributed by atoms with Gasteiger partial charge >= 0.3 is 5.91 Å². The Labute approximate surface area is 199 Å². The van der Waals surface area contributed by atoms with Crippen molar-refractivity contribution in [3.63, 3.8) is 0 Å². The van der Waals surface area contributed by atoms with E-state index in [1.165, 1.54) is 5.01 Å². The largest absolute Gasteiger partial charge is 0.497 e. The molecule has 8 nitrogen and oxygen atoms in total. The number of ether oxygens (including phenoxy) is 4. The fraction of sp³-hybridized carbons (Fsp3) is 0.250. The van der Waals surface area contributed by atoms with Crippen molar-refractivity contribution < 1.29 is 28.2 Å². The average Bonchev–Trinajstić information content (AvgIpc) is 3.49. The fourth-order valence-electron chi connectivity index (χ4n) is 3.73. The second kappa shape index (κ2) is 9.58. The van der Waals surface area contributed by atoms with Crippen molar-refractivity contribution in [2.45, 2.75) is 12.5 Å². The first-order valence-electron chi connectivity index (χ1n) is 10.1. The number of carbonyl (C=O) groups is 1. The van der Waals surface area contributed by atoms with Gasteiger partial charge in [0, 0.05) is 23.6 Å². The normalized spacial score (nSPS) is 15.2. The van der Waals surface area contributed by atoms with E-state index in [1.807, 2.05) is 30.3 Å². The van der Waals surface area contributed by atoms with Crippen LogP contribution in [-0.4, -0.2) is 45.1 Å². The molecule has 3 aromatic rings. The quantitative estimate of drug-likeness (QED) is 0.437. The monoisotopic (exact) mass is 514 g/mol. The molecule has 0 spiro atoms. The summed E-state index contributed by atoms with van der Waals surface area (Å²) in [5, 5.41) is 6.12. The molecule has 2 aromatic carbocycles. The number of benzene rings is 2. The zero-order valence-electron chi connectivity index (χ0n) is 18.6. The van der Waals surface area contributed by atoms with Gasteiger partial charge in [-0.3, -0.25) is 4.79 Å². The minimum absolute atomic E-state index is 0.168. The zero-order valence-corrected chi connectivity index (χ0v) is 20.2. The molecule has 0 radical (unpaired) electrons. The minimum Gasteiger partial charge on any atom is -0.497 e. The van der Waals surface area contributed by atoms with Crippen LogP contribution in [0.3, 0.4) is 0 Å². The van der Waals surface area contributed by atoms with Gasteiger partial charge in [-0.2, -0.15) is 5.10 Å². The molecule has 0 saturated carbocycles. The maximum atomic E-state index is 13.4. The first-order valence-corrected chi connectivity index (χ1v) is 10.9. The molecule has 1 aliphatic heterocycles. The van der Waals surface area contributed by atoms with E-state index in [0.717, 1.165) is 11.1 Å². The number of hydrogen-bond acceptors (Lipinski definition) is 7. The third kappa shape index (κ3) is 4.54. The van der Waals surface area contributed by atoms with Gasteiger partial charge in [0.05, 0.1) is 40.2 Å². The van der Waals surface area contributed by atoms with Crippen LogP contribution >= 0.6 is 15.9 Å². The predicted molar refractivity (Wildman–Crippen MR) is 126 cm³/mol. The van der Waals surface area contributed by atoms with Gasteiger partial charge < -0.3 is 23.4 Å². The highest BCUT2D eigenvalue weighted by molar-refractivity contribution is 9.10. The smallest absolute Gasteiger partial charge is 0.310 e. The molecule has 0 N–H and O–H groups in total. The Morgan fingerprint density at radius 3 is 2.21 bits per heavy atom. The summed E-state index contributed by atoms with van der Waals surface area (Å²) in [7, 11) is 6.35.